The third kappa shape index (κ3) is 3.89. The number of carbonyl (C=O) groups is 1. The molecule has 1 aliphatic rings. The van der Waals surface area contributed by atoms with Gasteiger partial charge in [0, 0.05) is 18.7 Å². The highest BCUT2D eigenvalue weighted by Crippen LogP contribution is 2.33. The molecule has 1 atom stereocenters. The molecule has 7 nitrogen and oxygen atoms in total. The largest absolute Gasteiger partial charge is 0.493 e. The Labute approximate surface area is 150 Å². The van der Waals surface area contributed by atoms with Crippen LogP contribution in [0.2, 0.25) is 0 Å². The quantitative estimate of drug-likeness (QED) is 0.730. The number of rotatable bonds is 6. The zero-order valence-corrected chi connectivity index (χ0v) is 15.3. The van der Waals surface area contributed by atoms with E-state index < -0.39 is 0 Å². The molecule has 1 amide bonds. The van der Waals surface area contributed by atoms with Crippen molar-refractivity contribution < 1.29 is 18.7 Å². The Kier molecular flexibility index (Phi) is 5.47. The van der Waals surface area contributed by atoms with Gasteiger partial charge in [-0.3, -0.25) is 4.79 Å². The Morgan fingerprint density at radius 3 is 2.60 bits per heavy atom. The van der Waals surface area contributed by atoms with Crippen LogP contribution in [-0.2, 0) is 4.79 Å². The summed E-state index contributed by atoms with van der Waals surface area (Å²) in [7, 11) is 3.15. The normalized spacial score (nSPS) is 15.2. The molecular weight excluding hydrogens is 342 g/mol. The molecule has 0 unspecified atom stereocenters. The van der Waals surface area contributed by atoms with Crippen LogP contribution in [0.15, 0.2) is 27.8 Å². The maximum Gasteiger partial charge on any atom is 0.277 e. The monoisotopic (exact) mass is 363 g/mol. The minimum atomic E-state index is -0.253. The highest BCUT2D eigenvalue weighted by Gasteiger charge is 2.25. The van der Waals surface area contributed by atoms with E-state index in [1.165, 1.54) is 11.8 Å². The van der Waals surface area contributed by atoms with Gasteiger partial charge in [-0.15, -0.1) is 10.2 Å². The van der Waals surface area contributed by atoms with Crippen molar-refractivity contribution in [3.05, 3.63) is 18.2 Å². The van der Waals surface area contributed by atoms with Gasteiger partial charge in [-0.25, -0.2) is 0 Å². The van der Waals surface area contributed by atoms with Crippen molar-refractivity contribution in [3.63, 3.8) is 0 Å². The molecule has 25 heavy (non-hydrogen) atoms. The fourth-order valence-electron chi connectivity index (χ4n) is 2.74. The second kappa shape index (κ2) is 7.77. The SMILES string of the molecule is COc1ccc(-c2nnc(S[C@H](C)C(=O)N3CCCC3)o2)cc1OC. The molecule has 8 heteroatoms. The van der Waals surface area contributed by atoms with Gasteiger partial charge >= 0.3 is 0 Å². The molecule has 0 radical (unpaired) electrons. The van der Waals surface area contributed by atoms with Gasteiger partial charge in [0.15, 0.2) is 11.5 Å². The van der Waals surface area contributed by atoms with Crippen LogP contribution in [0.4, 0.5) is 0 Å². The number of benzene rings is 1. The highest BCUT2D eigenvalue weighted by atomic mass is 32.2. The molecule has 134 valence electrons. The lowest BCUT2D eigenvalue weighted by Gasteiger charge is -2.18. The Bertz CT molecular complexity index is 743. The molecule has 3 rings (SSSR count). The number of nitrogens with zero attached hydrogens (tertiary/aromatic N) is 3. The lowest BCUT2D eigenvalue weighted by molar-refractivity contribution is -0.129. The van der Waals surface area contributed by atoms with E-state index in [1.807, 2.05) is 17.9 Å². The number of likely N-dealkylation sites (tertiary alicyclic amines) is 1. The molecule has 0 saturated carbocycles. The second-order valence-electron chi connectivity index (χ2n) is 5.74. The Hall–Kier alpha value is -2.22. The zero-order valence-electron chi connectivity index (χ0n) is 14.5. The Balaban J connectivity index is 1.70. The first-order valence-corrected chi connectivity index (χ1v) is 9.01. The molecule has 0 aliphatic carbocycles. The fourth-order valence-corrected chi connectivity index (χ4v) is 3.51. The first kappa shape index (κ1) is 17.6. The zero-order chi connectivity index (χ0) is 17.8. The minimum Gasteiger partial charge on any atom is -0.493 e. The standard InChI is InChI=1S/C17H21N3O4S/c1-11(16(21)20-8-4-5-9-20)25-17-19-18-15(24-17)12-6-7-13(22-2)14(10-12)23-3/h6-7,10-11H,4-5,8-9H2,1-3H3/t11-/m1/s1. The average molecular weight is 363 g/mol. The maximum absolute atomic E-state index is 12.4. The third-order valence-corrected chi connectivity index (χ3v) is 5.00. The third-order valence-electron chi connectivity index (χ3n) is 4.08. The summed E-state index contributed by atoms with van der Waals surface area (Å²) in [5, 5.41) is 8.24. The predicted molar refractivity (Wildman–Crippen MR) is 94.0 cm³/mol. The summed E-state index contributed by atoms with van der Waals surface area (Å²) in [6.45, 7) is 3.54. The molecule has 0 N–H and O–H groups in total. The molecule has 1 fully saturated rings. The molecule has 1 saturated heterocycles. The van der Waals surface area contributed by atoms with Crippen LogP contribution in [0, 0.1) is 0 Å². The number of ether oxygens (including phenoxy) is 2. The molecule has 2 heterocycles. The van der Waals surface area contributed by atoms with E-state index in [9.17, 15) is 4.79 Å². The van der Waals surface area contributed by atoms with Gasteiger partial charge < -0.3 is 18.8 Å². The van der Waals surface area contributed by atoms with Crippen LogP contribution in [0.1, 0.15) is 19.8 Å². The molecule has 1 aromatic heterocycles. The van der Waals surface area contributed by atoms with E-state index in [-0.39, 0.29) is 11.2 Å². The summed E-state index contributed by atoms with van der Waals surface area (Å²) < 4.78 is 16.2. The van der Waals surface area contributed by atoms with Crippen molar-refractivity contribution in [3.8, 4) is 23.0 Å². The van der Waals surface area contributed by atoms with E-state index in [0.717, 1.165) is 31.5 Å². The number of carbonyl (C=O) groups excluding carboxylic acids is 1. The van der Waals surface area contributed by atoms with Crippen LogP contribution < -0.4 is 9.47 Å². The van der Waals surface area contributed by atoms with Crippen LogP contribution in [0.5, 0.6) is 11.5 Å². The lowest BCUT2D eigenvalue weighted by atomic mass is 10.2. The first-order valence-electron chi connectivity index (χ1n) is 8.13. The first-order chi connectivity index (χ1) is 12.1. The van der Waals surface area contributed by atoms with Crippen molar-refractivity contribution in [2.24, 2.45) is 0 Å². The van der Waals surface area contributed by atoms with Gasteiger partial charge in [-0.1, -0.05) is 11.8 Å². The Morgan fingerprint density at radius 1 is 1.20 bits per heavy atom. The number of hydrogen-bond donors (Lipinski definition) is 0. The van der Waals surface area contributed by atoms with Gasteiger partial charge in [0.25, 0.3) is 5.22 Å². The van der Waals surface area contributed by atoms with Crippen LogP contribution in [-0.4, -0.2) is 53.6 Å². The highest BCUT2D eigenvalue weighted by molar-refractivity contribution is 8.00. The van der Waals surface area contributed by atoms with Crippen molar-refractivity contribution in [1.29, 1.82) is 0 Å². The van der Waals surface area contributed by atoms with Crippen LogP contribution in [0.3, 0.4) is 0 Å². The van der Waals surface area contributed by atoms with Crippen LogP contribution >= 0.6 is 11.8 Å². The van der Waals surface area contributed by atoms with Crippen molar-refractivity contribution >= 4 is 17.7 Å². The van der Waals surface area contributed by atoms with E-state index in [4.69, 9.17) is 13.9 Å². The number of amides is 1. The summed E-state index contributed by atoms with van der Waals surface area (Å²) >= 11 is 1.28. The summed E-state index contributed by atoms with van der Waals surface area (Å²) in [4.78, 5) is 14.3. The number of hydrogen-bond acceptors (Lipinski definition) is 7. The summed E-state index contributed by atoms with van der Waals surface area (Å²) in [5.74, 6) is 1.72. The van der Waals surface area contributed by atoms with Gasteiger partial charge in [-0.05, 0) is 38.0 Å². The van der Waals surface area contributed by atoms with E-state index in [2.05, 4.69) is 10.2 Å². The maximum atomic E-state index is 12.4. The van der Waals surface area contributed by atoms with Crippen molar-refractivity contribution in [1.82, 2.24) is 15.1 Å². The summed E-state index contributed by atoms with van der Waals surface area (Å²) in [5.41, 5.74) is 0.732. The van der Waals surface area contributed by atoms with Crippen LogP contribution in [0.25, 0.3) is 11.5 Å². The van der Waals surface area contributed by atoms with Gasteiger partial charge in [0.2, 0.25) is 11.8 Å². The smallest absolute Gasteiger partial charge is 0.277 e. The molecule has 2 aromatic rings. The molecule has 1 aliphatic heterocycles. The average Bonchev–Trinajstić information content (AvgIpc) is 3.32. The minimum absolute atomic E-state index is 0.119. The van der Waals surface area contributed by atoms with E-state index in [1.54, 1.807) is 26.4 Å². The second-order valence-corrected chi connectivity index (χ2v) is 7.03. The van der Waals surface area contributed by atoms with Crippen molar-refractivity contribution in [2.75, 3.05) is 27.3 Å². The van der Waals surface area contributed by atoms with E-state index in [0.29, 0.717) is 22.6 Å². The topological polar surface area (TPSA) is 77.7 Å². The van der Waals surface area contributed by atoms with Gasteiger partial charge in [-0.2, -0.15) is 0 Å². The number of thioether (sulfide) groups is 1. The van der Waals surface area contributed by atoms with Gasteiger partial charge in [0.1, 0.15) is 0 Å². The van der Waals surface area contributed by atoms with Gasteiger partial charge in [0.05, 0.1) is 19.5 Å². The Morgan fingerprint density at radius 2 is 1.92 bits per heavy atom. The fraction of sp³-hybridized carbons (Fsp3) is 0.471. The summed E-state index contributed by atoms with van der Waals surface area (Å²) in [6.07, 6.45) is 2.15. The van der Waals surface area contributed by atoms with E-state index >= 15 is 0 Å². The van der Waals surface area contributed by atoms with Crippen molar-refractivity contribution in [2.45, 2.75) is 30.2 Å². The molecular formula is C17H21N3O4S. The summed E-state index contributed by atoms with van der Waals surface area (Å²) in [6, 6.07) is 5.38. The lowest BCUT2D eigenvalue weighted by Crippen LogP contribution is -2.34. The predicted octanol–water partition coefficient (Wildman–Crippen LogP) is 2.86. The molecule has 0 spiro atoms. The molecule has 1 aromatic carbocycles. The number of methoxy groups -OCH3 is 2. The number of aromatic nitrogens is 2. The molecule has 0 bridgehead atoms.